The highest BCUT2D eigenvalue weighted by molar-refractivity contribution is 7.85. The lowest BCUT2D eigenvalue weighted by Gasteiger charge is -2.09. The summed E-state index contributed by atoms with van der Waals surface area (Å²) < 4.78 is 30.6. The first-order valence-corrected chi connectivity index (χ1v) is 7.16. The number of esters is 1. The van der Waals surface area contributed by atoms with Gasteiger partial charge in [0.2, 0.25) is 0 Å². The fraction of sp³-hybridized carbons (Fsp3) is 0.500. The molecule has 19 heavy (non-hydrogen) atoms. The van der Waals surface area contributed by atoms with Crippen LogP contribution in [0.25, 0.3) is 0 Å². The Morgan fingerprint density at radius 1 is 1.42 bits per heavy atom. The average Bonchev–Trinajstić information content (AvgIpc) is 2.35. The molecule has 0 aliphatic heterocycles. The molecular formula is C10H14N2O6S. The van der Waals surface area contributed by atoms with Crippen molar-refractivity contribution in [2.45, 2.75) is 13.0 Å². The number of aliphatic hydroxyl groups excluding tert-OH is 1. The van der Waals surface area contributed by atoms with E-state index in [-0.39, 0.29) is 18.0 Å². The lowest BCUT2D eigenvalue weighted by molar-refractivity contribution is 0.0518. The van der Waals surface area contributed by atoms with Crippen LogP contribution >= 0.6 is 0 Å². The smallest absolute Gasteiger partial charge is 0.358 e. The molecule has 0 spiro atoms. The fourth-order valence-corrected chi connectivity index (χ4v) is 1.47. The lowest BCUT2D eigenvalue weighted by Crippen LogP contribution is -2.14. The van der Waals surface area contributed by atoms with Gasteiger partial charge in [0.25, 0.3) is 10.1 Å². The number of hydrogen-bond acceptors (Lipinski definition) is 8. The van der Waals surface area contributed by atoms with Crippen molar-refractivity contribution in [3.05, 3.63) is 23.8 Å². The first-order chi connectivity index (χ1) is 8.83. The molecule has 1 rings (SSSR count). The zero-order valence-corrected chi connectivity index (χ0v) is 11.3. The van der Waals surface area contributed by atoms with Crippen LogP contribution in [0.4, 0.5) is 0 Å². The van der Waals surface area contributed by atoms with E-state index in [2.05, 4.69) is 14.2 Å². The van der Waals surface area contributed by atoms with Crippen molar-refractivity contribution in [3.8, 4) is 0 Å². The van der Waals surface area contributed by atoms with E-state index < -0.39 is 28.8 Å². The van der Waals surface area contributed by atoms with E-state index in [0.29, 0.717) is 0 Å². The highest BCUT2D eigenvalue weighted by Gasteiger charge is 2.15. The summed E-state index contributed by atoms with van der Waals surface area (Å²) in [7, 11) is -3.64. The standard InChI is InChI=1S/C10H14N2O6S/c1-3-17-10(14)8-5-11-7(4-12-8)9(13)6-18-19(2,15)16/h4-5,9,13H,3,6H2,1-2H3/t9-/m1/s1. The third-order valence-electron chi connectivity index (χ3n) is 1.94. The van der Waals surface area contributed by atoms with Crippen molar-refractivity contribution < 1.29 is 27.2 Å². The number of aliphatic hydroxyl groups is 1. The topological polar surface area (TPSA) is 116 Å². The molecule has 1 aromatic heterocycles. The van der Waals surface area contributed by atoms with Crippen LogP contribution in [0.15, 0.2) is 12.4 Å². The van der Waals surface area contributed by atoms with E-state index in [1.807, 2.05) is 0 Å². The maximum atomic E-state index is 11.3. The van der Waals surface area contributed by atoms with Crippen LogP contribution in [0.1, 0.15) is 29.2 Å². The number of aromatic nitrogens is 2. The van der Waals surface area contributed by atoms with E-state index in [1.54, 1.807) is 6.92 Å². The summed E-state index contributed by atoms with van der Waals surface area (Å²) in [6, 6.07) is 0. The monoisotopic (exact) mass is 290 g/mol. The summed E-state index contributed by atoms with van der Waals surface area (Å²) in [5.74, 6) is -0.622. The summed E-state index contributed by atoms with van der Waals surface area (Å²) in [5.41, 5.74) is 0.0959. The van der Waals surface area contributed by atoms with Gasteiger partial charge in [-0.2, -0.15) is 8.42 Å². The Morgan fingerprint density at radius 2 is 2.11 bits per heavy atom. The fourth-order valence-electron chi connectivity index (χ4n) is 1.09. The Labute approximate surface area is 110 Å². The number of carbonyl (C=O) groups excluding carboxylic acids is 1. The molecule has 9 heteroatoms. The molecule has 0 aliphatic carbocycles. The predicted octanol–water partition coefficient (Wildman–Crippen LogP) is -0.337. The van der Waals surface area contributed by atoms with Gasteiger partial charge in [-0.05, 0) is 6.92 Å². The van der Waals surface area contributed by atoms with Gasteiger partial charge in [0.15, 0.2) is 5.69 Å². The number of rotatable bonds is 6. The van der Waals surface area contributed by atoms with Gasteiger partial charge >= 0.3 is 5.97 Å². The minimum atomic E-state index is -3.64. The first-order valence-electron chi connectivity index (χ1n) is 5.35. The lowest BCUT2D eigenvalue weighted by atomic mass is 10.3. The molecule has 1 N–H and O–H groups in total. The van der Waals surface area contributed by atoms with Gasteiger partial charge in [-0.1, -0.05) is 0 Å². The molecule has 0 amide bonds. The number of carbonyl (C=O) groups is 1. The number of ether oxygens (including phenoxy) is 1. The Kier molecular flexibility index (Phi) is 5.33. The summed E-state index contributed by atoms with van der Waals surface area (Å²) in [5, 5.41) is 9.61. The molecule has 0 aliphatic rings. The van der Waals surface area contributed by atoms with Gasteiger partial charge in [0, 0.05) is 0 Å². The van der Waals surface area contributed by atoms with Crippen LogP contribution in [0.2, 0.25) is 0 Å². The van der Waals surface area contributed by atoms with Crippen LogP contribution in [-0.4, -0.2) is 48.9 Å². The largest absolute Gasteiger partial charge is 0.461 e. The van der Waals surface area contributed by atoms with Crippen molar-refractivity contribution in [2.75, 3.05) is 19.5 Å². The zero-order valence-electron chi connectivity index (χ0n) is 10.4. The van der Waals surface area contributed by atoms with Gasteiger partial charge in [-0.3, -0.25) is 9.17 Å². The molecule has 106 valence electrons. The first kappa shape index (κ1) is 15.5. The molecule has 1 atom stereocenters. The average molecular weight is 290 g/mol. The molecule has 0 fully saturated rings. The van der Waals surface area contributed by atoms with Gasteiger partial charge in [0.1, 0.15) is 6.10 Å². The Hall–Kier alpha value is -1.58. The van der Waals surface area contributed by atoms with E-state index in [4.69, 9.17) is 4.74 Å². The minimum absolute atomic E-state index is 0.00170. The van der Waals surface area contributed by atoms with Crippen LogP contribution in [-0.2, 0) is 19.0 Å². The van der Waals surface area contributed by atoms with Crippen molar-refractivity contribution >= 4 is 16.1 Å². The quantitative estimate of drug-likeness (QED) is 0.559. The molecule has 0 saturated carbocycles. The Morgan fingerprint density at radius 3 is 2.58 bits per heavy atom. The molecule has 0 unspecified atom stereocenters. The Bertz CT molecular complexity index is 527. The molecule has 1 aromatic rings. The normalized spacial score (nSPS) is 13.0. The van der Waals surface area contributed by atoms with E-state index in [1.165, 1.54) is 0 Å². The number of hydrogen-bond donors (Lipinski definition) is 1. The highest BCUT2D eigenvalue weighted by Crippen LogP contribution is 2.10. The second kappa shape index (κ2) is 6.55. The van der Waals surface area contributed by atoms with Crippen LogP contribution in [0.5, 0.6) is 0 Å². The molecule has 8 nitrogen and oxygen atoms in total. The van der Waals surface area contributed by atoms with Gasteiger partial charge < -0.3 is 9.84 Å². The third kappa shape index (κ3) is 5.28. The molecular weight excluding hydrogens is 276 g/mol. The van der Waals surface area contributed by atoms with Gasteiger partial charge in [-0.15, -0.1) is 0 Å². The molecule has 1 heterocycles. The molecule has 0 bridgehead atoms. The summed E-state index contributed by atoms with van der Waals surface area (Å²) >= 11 is 0. The minimum Gasteiger partial charge on any atom is -0.461 e. The molecule has 0 saturated heterocycles. The van der Waals surface area contributed by atoms with Crippen LogP contribution in [0.3, 0.4) is 0 Å². The maximum absolute atomic E-state index is 11.3. The van der Waals surface area contributed by atoms with Crippen LogP contribution < -0.4 is 0 Å². The summed E-state index contributed by atoms with van der Waals surface area (Å²) in [6.45, 7) is 1.41. The van der Waals surface area contributed by atoms with Crippen molar-refractivity contribution in [3.63, 3.8) is 0 Å². The van der Waals surface area contributed by atoms with Crippen molar-refractivity contribution in [1.29, 1.82) is 0 Å². The zero-order chi connectivity index (χ0) is 14.5. The number of nitrogens with zero attached hydrogens (tertiary/aromatic N) is 2. The van der Waals surface area contributed by atoms with E-state index in [0.717, 1.165) is 18.6 Å². The van der Waals surface area contributed by atoms with E-state index in [9.17, 15) is 18.3 Å². The predicted molar refractivity (Wildman–Crippen MR) is 63.7 cm³/mol. The van der Waals surface area contributed by atoms with E-state index >= 15 is 0 Å². The van der Waals surface area contributed by atoms with Crippen molar-refractivity contribution in [1.82, 2.24) is 9.97 Å². The molecule has 0 aromatic carbocycles. The summed E-state index contributed by atoms with van der Waals surface area (Å²) in [6.07, 6.45) is 1.91. The van der Waals surface area contributed by atoms with Crippen molar-refractivity contribution in [2.24, 2.45) is 0 Å². The maximum Gasteiger partial charge on any atom is 0.358 e. The molecule has 0 radical (unpaired) electrons. The second-order valence-electron chi connectivity index (χ2n) is 3.55. The SMILES string of the molecule is CCOC(=O)c1cnc([C@H](O)COS(C)(=O)=O)cn1. The Balaban J connectivity index is 2.68. The highest BCUT2D eigenvalue weighted by atomic mass is 32.2. The summed E-state index contributed by atoms with van der Waals surface area (Å²) in [4.78, 5) is 18.8. The van der Waals surface area contributed by atoms with Gasteiger partial charge in [0.05, 0.1) is 37.6 Å². The van der Waals surface area contributed by atoms with Crippen LogP contribution in [0, 0.1) is 0 Å². The van der Waals surface area contributed by atoms with Gasteiger partial charge in [-0.25, -0.2) is 9.78 Å². The third-order valence-corrected chi connectivity index (χ3v) is 2.50. The second-order valence-corrected chi connectivity index (χ2v) is 5.20.